The zero-order chi connectivity index (χ0) is 18.6. The highest BCUT2D eigenvalue weighted by Crippen LogP contribution is 2.19. The SMILES string of the molecule is O=C(CCc1cc2n(n1)CCN(C(=O)c1ccccn1)C2)NC1CCCC1. The van der Waals surface area contributed by atoms with Crippen molar-refractivity contribution in [3.8, 4) is 0 Å². The van der Waals surface area contributed by atoms with Gasteiger partial charge in [-0.15, -0.1) is 0 Å². The van der Waals surface area contributed by atoms with Crippen LogP contribution in [-0.2, 0) is 24.3 Å². The van der Waals surface area contributed by atoms with E-state index in [1.54, 1.807) is 23.2 Å². The van der Waals surface area contributed by atoms with Crippen molar-refractivity contribution >= 4 is 11.8 Å². The molecule has 3 heterocycles. The third kappa shape index (κ3) is 4.18. The standard InChI is InChI=1S/C20H25N5O2/c26-19(22-15-5-1-2-6-15)9-8-16-13-17-14-24(11-12-25(17)23-16)20(27)18-7-3-4-10-21-18/h3-4,7,10,13,15H,1-2,5-6,8-9,11-12,14H2,(H,22,26). The molecule has 1 saturated carbocycles. The van der Waals surface area contributed by atoms with Crippen molar-refractivity contribution in [2.24, 2.45) is 0 Å². The molecule has 7 heteroatoms. The first-order valence-electron chi connectivity index (χ1n) is 9.74. The van der Waals surface area contributed by atoms with E-state index in [4.69, 9.17) is 0 Å². The summed E-state index contributed by atoms with van der Waals surface area (Å²) in [6, 6.07) is 7.74. The molecule has 2 aliphatic rings. The van der Waals surface area contributed by atoms with Crippen LogP contribution < -0.4 is 5.32 Å². The summed E-state index contributed by atoms with van der Waals surface area (Å²) in [7, 11) is 0. The fraction of sp³-hybridized carbons (Fsp3) is 0.500. The van der Waals surface area contributed by atoms with Crippen LogP contribution in [0.15, 0.2) is 30.5 Å². The molecule has 4 rings (SSSR count). The summed E-state index contributed by atoms with van der Waals surface area (Å²) in [6.07, 6.45) is 7.36. The fourth-order valence-electron chi connectivity index (χ4n) is 3.88. The first kappa shape index (κ1) is 17.7. The second-order valence-electron chi connectivity index (χ2n) is 7.34. The maximum Gasteiger partial charge on any atom is 0.272 e. The Kier molecular flexibility index (Phi) is 5.18. The van der Waals surface area contributed by atoms with E-state index in [1.807, 2.05) is 16.8 Å². The Morgan fingerprint density at radius 2 is 2.04 bits per heavy atom. The average Bonchev–Trinajstić information content (AvgIpc) is 3.35. The molecule has 0 unspecified atom stereocenters. The van der Waals surface area contributed by atoms with Gasteiger partial charge in [-0.2, -0.15) is 5.10 Å². The summed E-state index contributed by atoms with van der Waals surface area (Å²) in [5.74, 6) is 0.0559. The predicted molar refractivity (Wildman–Crippen MR) is 99.9 cm³/mol. The third-order valence-electron chi connectivity index (χ3n) is 5.35. The number of carbonyl (C=O) groups excluding carboxylic acids is 2. The topological polar surface area (TPSA) is 80.1 Å². The highest BCUT2D eigenvalue weighted by molar-refractivity contribution is 5.92. The van der Waals surface area contributed by atoms with E-state index in [-0.39, 0.29) is 11.8 Å². The van der Waals surface area contributed by atoms with Gasteiger partial charge >= 0.3 is 0 Å². The van der Waals surface area contributed by atoms with Crippen molar-refractivity contribution in [1.29, 1.82) is 0 Å². The maximum atomic E-state index is 12.6. The number of fused-ring (bicyclic) bond motifs is 1. The van der Waals surface area contributed by atoms with Crippen LogP contribution in [-0.4, -0.2) is 44.1 Å². The molecule has 1 aliphatic heterocycles. The van der Waals surface area contributed by atoms with Crippen molar-refractivity contribution in [3.63, 3.8) is 0 Å². The van der Waals surface area contributed by atoms with Crippen LogP contribution in [0.3, 0.4) is 0 Å². The van der Waals surface area contributed by atoms with Crippen LogP contribution in [0.1, 0.15) is 54.0 Å². The smallest absolute Gasteiger partial charge is 0.272 e. The first-order valence-corrected chi connectivity index (χ1v) is 9.74. The third-order valence-corrected chi connectivity index (χ3v) is 5.35. The summed E-state index contributed by atoms with van der Waals surface area (Å²) in [5.41, 5.74) is 2.39. The Bertz CT molecular complexity index is 811. The van der Waals surface area contributed by atoms with Gasteiger partial charge in [0.1, 0.15) is 5.69 Å². The van der Waals surface area contributed by atoms with Crippen LogP contribution in [0.25, 0.3) is 0 Å². The lowest BCUT2D eigenvalue weighted by molar-refractivity contribution is -0.121. The Labute approximate surface area is 158 Å². The van der Waals surface area contributed by atoms with E-state index in [9.17, 15) is 9.59 Å². The normalized spacial score (nSPS) is 17.0. The minimum atomic E-state index is -0.0551. The molecule has 0 aromatic carbocycles. The van der Waals surface area contributed by atoms with Crippen LogP contribution >= 0.6 is 0 Å². The van der Waals surface area contributed by atoms with Gasteiger partial charge in [0.2, 0.25) is 5.91 Å². The molecular weight excluding hydrogens is 342 g/mol. The number of aryl methyl sites for hydroxylation is 1. The van der Waals surface area contributed by atoms with Gasteiger partial charge in [0.15, 0.2) is 0 Å². The van der Waals surface area contributed by atoms with Gasteiger partial charge in [-0.05, 0) is 31.0 Å². The number of nitrogens with zero attached hydrogens (tertiary/aromatic N) is 4. The predicted octanol–water partition coefficient (Wildman–Crippen LogP) is 1.93. The molecule has 7 nitrogen and oxygen atoms in total. The van der Waals surface area contributed by atoms with E-state index < -0.39 is 0 Å². The number of hydrogen-bond acceptors (Lipinski definition) is 4. The molecule has 1 aliphatic carbocycles. The molecule has 0 radical (unpaired) electrons. The van der Waals surface area contributed by atoms with Gasteiger partial charge in [-0.1, -0.05) is 18.9 Å². The lowest BCUT2D eigenvalue weighted by atomic mass is 10.2. The molecule has 2 aromatic heterocycles. The molecule has 142 valence electrons. The average molecular weight is 367 g/mol. The van der Waals surface area contributed by atoms with Gasteiger partial charge < -0.3 is 10.2 Å². The zero-order valence-electron chi connectivity index (χ0n) is 15.4. The molecule has 1 N–H and O–H groups in total. The summed E-state index contributed by atoms with van der Waals surface area (Å²) in [4.78, 5) is 30.6. The van der Waals surface area contributed by atoms with Gasteiger partial charge in [-0.25, -0.2) is 0 Å². The Hall–Kier alpha value is -2.70. The fourth-order valence-corrected chi connectivity index (χ4v) is 3.88. The van der Waals surface area contributed by atoms with Crippen molar-refractivity contribution in [2.45, 2.75) is 57.7 Å². The second-order valence-corrected chi connectivity index (χ2v) is 7.34. The monoisotopic (exact) mass is 367 g/mol. The van der Waals surface area contributed by atoms with Crippen LogP contribution in [0.5, 0.6) is 0 Å². The van der Waals surface area contributed by atoms with Gasteiger partial charge in [0.25, 0.3) is 5.91 Å². The van der Waals surface area contributed by atoms with Gasteiger partial charge in [0.05, 0.1) is 24.5 Å². The summed E-state index contributed by atoms with van der Waals surface area (Å²) >= 11 is 0. The minimum Gasteiger partial charge on any atom is -0.353 e. The Morgan fingerprint density at radius 3 is 2.81 bits per heavy atom. The van der Waals surface area contributed by atoms with Crippen molar-refractivity contribution in [2.75, 3.05) is 6.54 Å². The minimum absolute atomic E-state index is 0.0551. The lowest BCUT2D eigenvalue weighted by Crippen LogP contribution is -2.38. The molecule has 0 spiro atoms. The largest absolute Gasteiger partial charge is 0.353 e. The quantitative estimate of drug-likeness (QED) is 0.876. The van der Waals surface area contributed by atoms with E-state index in [2.05, 4.69) is 15.4 Å². The van der Waals surface area contributed by atoms with Crippen LogP contribution in [0.4, 0.5) is 0 Å². The van der Waals surface area contributed by atoms with Crippen LogP contribution in [0.2, 0.25) is 0 Å². The Morgan fingerprint density at radius 1 is 1.19 bits per heavy atom. The van der Waals surface area contributed by atoms with Gasteiger partial charge in [-0.3, -0.25) is 19.3 Å². The zero-order valence-corrected chi connectivity index (χ0v) is 15.4. The number of nitrogens with one attached hydrogen (secondary N) is 1. The molecule has 0 saturated heterocycles. The number of aromatic nitrogens is 3. The second kappa shape index (κ2) is 7.90. The number of pyridine rings is 1. The Balaban J connectivity index is 1.33. The number of hydrogen-bond donors (Lipinski definition) is 1. The van der Waals surface area contributed by atoms with Crippen LogP contribution in [0, 0.1) is 0 Å². The first-order chi connectivity index (χ1) is 13.2. The maximum absolute atomic E-state index is 12.6. The van der Waals surface area contributed by atoms with Crippen molar-refractivity contribution in [1.82, 2.24) is 25.0 Å². The van der Waals surface area contributed by atoms with E-state index in [0.717, 1.165) is 24.2 Å². The van der Waals surface area contributed by atoms with Crippen molar-refractivity contribution in [3.05, 3.63) is 47.5 Å². The molecule has 0 atom stereocenters. The number of amides is 2. The number of carbonyl (C=O) groups is 2. The lowest BCUT2D eigenvalue weighted by Gasteiger charge is -2.27. The molecule has 27 heavy (non-hydrogen) atoms. The van der Waals surface area contributed by atoms with Gasteiger partial charge in [0, 0.05) is 31.6 Å². The highest BCUT2D eigenvalue weighted by atomic mass is 16.2. The molecule has 2 aromatic rings. The summed E-state index contributed by atoms with van der Waals surface area (Å²) in [5, 5.41) is 7.72. The molecule has 0 bridgehead atoms. The summed E-state index contributed by atoms with van der Waals surface area (Å²) in [6.45, 7) is 1.81. The summed E-state index contributed by atoms with van der Waals surface area (Å²) < 4.78 is 1.95. The molecule has 2 amide bonds. The van der Waals surface area contributed by atoms with E-state index in [0.29, 0.717) is 44.2 Å². The van der Waals surface area contributed by atoms with Crippen molar-refractivity contribution < 1.29 is 9.59 Å². The molecule has 1 fully saturated rings. The van der Waals surface area contributed by atoms with E-state index >= 15 is 0 Å². The molecular formula is C20H25N5O2. The van der Waals surface area contributed by atoms with E-state index in [1.165, 1.54) is 12.8 Å². The highest BCUT2D eigenvalue weighted by Gasteiger charge is 2.24. The number of rotatable bonds is 5.